The molecule has 0 saturated heterocycles. The fraction of sp³-hybridized carbons (Fsp3) is 0.750. The number of allylic oxidation sites excluding steroid dienone is 1. The molecule has 3 nitrogen and oxygen atoms in total. The molecule has 0 aliphatic heterocycles. The molecule has 0 radical (unpaired) electrons. The average molecular weight is 256 g/mol. The monoisotopic (exact) mass is 256 g/mol. The molecular weight excluding hydrogens is 231 g/mol. The summed E-state index contributed by atoms with van der Waals surface area (Å²) < 4.78 is 0. The Bertz CT molecular complexity index is 123. The maximum atomic E-state index is 9.69. The number of carboxylic acid groups (broad SMARTS) is 1. The van der Waals surface area contributed by atoms with Gasteiger partial charge in [0, 0.05) is 6.42 Å². The Balaban J connectivity index is -0.0000000668. The first-order valence-electron chi connectivity index (χ1n) is 5.51. The van der Waals surface area contributed by atoms with Gasteiger partial charge in [-0.3, -0.25) is 4.79 Å². The van der Waals surface area contributed by atoms with Crippen LogP contribution in [0, 0.1) is 0 Å². The van der Waals surface area contributed by atoms with Crippen LogP contribution in [0.2, 0.25) is 0 Å². The summed E-state index contributed by atoms with van der Waals surface area (Å²) in [5, 5.41) is 17.4. The number of carbonyl (C=O) groups is 1. The van der Waals surface area contributed by atoms with Crippen molar-refractivity contribution in [1.29, 1.82) is 0 Å². The van der Waals surface area contributed by atoms with Crippen LogP contribution in [-0.4, -0.2) is 17.7 Å². The molecule has 0 rings (SSSR count). The number of aliphatic carboxylic acids is 1. The van der Waals surface area contributed by atoms with Gasteiger partial charge in [-0.25, -0.2) is 0 Å². The largest absolute Gasteiger partial charge is 1.00 e. The third-order valence-electron chi connectivity index (χ3n) is 1.34. The van der Waals surface area contributed by atoms with Gasteiger partial charge in [0.1, 0.15) is 0 Å². The molecule has 0 aromatic heterocycles. The summed E-state index contributed by atoms with van der Waals surface area (Å²) in [5.74, 6) is -0.745. The fourth-order valence-electron chi connectivity index (χ4n) is 0.352. The smallest absolute Gasteiger partial charge is 0.854 e. The van der Waals surface area contributed by atoms with Crippen molar-refractivity contribution in [2.24, 2.45) is 0 Å². The van der Waals surface area contributed by atoms with E-state index >= 15 is 0 Å². The zero-order chi connectivity index (χ0) is 12.5. The van der Waals surface area contributed by atoms with Crippen molar-refractivity contribution < 1.29 is 66.4 Å². The van der Waals surface area contributed by atoms with Crippen LogP contribution in [0.5, 0.6) is 0 Å². The van der Waals surface area contributed by atoms with E-state index in [2.05, 4.69) is 20.4 Å². The molecule has 92 valence electrons. The van der Waals surface area contributed by atoms with Crippen molar-refractivity contribution >= 4 is 5.97 Å². The predicted octanol–water partition coefficient (Wildman–Crippen LogP) is -0.396. The minimum Gasteiger partial charge on any atom is -0.854 e. The van der Waals surface area contributed by atoms with Crippen LogP contribution < -0.4 is 56.5 Å². The van der Waals surface area contributed by atoms with E-state index in [4.69, 9.17) is 5.11 Å². The van der Waals surface area contributed by atoms with Gasteiger partial charge in [-0.2, -0.15) is 0 Å². The Hall–Kier alpha value is 0.806. The minimum atomic E-state index is -0.745. The van der Waals surface area contributed by atoms with E-state index in [1.54, 1.807) is 6.92 Å². The van der Waals surface area contributed by atoms with Gasteiger partial charge in [-0.1, -0.05) is 46.1 Å². The number of rotatable bonds is 5. The maximum Gasteiger partial charge on any atom is 1.00 e. The second-order valence-electron chi connectivity index (χ2n) is 2.86. The van der Waals surface area contributed by atoms with Crippen molar-refractivity contribution in [1.82, 2.24) is 0 Å². The molecule has 0 heterocycles. The van der Waals surface area contributed by atoms with Gasteiger partial charge in [-0.15, -0.1) is 13.2 Å². The normalized spacial score (nSPS) is 7.25. The molecule has 0 atom stereocenters. The average Bonchev–Trinajstić information content (AvgIpc) is 2.27. The minimum absolute atomic E-state index is 0. The summed E-state index contributed by atoms with van der Waals surface area (Å²) in [5.41, 5.74) is 0. The van der Waals surface area contributed by atoms with E-state index in [9.17, 15) is 9.90 Å². The Morgan fingerprint density at radius 1 is 1.31 bits per heavy atom. The first-order valence-corrected chi connectivity index (χ1v) is 5.51. The Morgan fingerprint density at radius 3 is 1.75 bits per heavy atom. The van der Waals surface area contributed by atoms with Gasteiger partial charge in [-0.05, 0) is 6.42 Å². The standard InChI is InChI=1S/C5H11O.C4H8.C3H6O2.K/c1-2-3-4-5-6;1-3-4-2;1-2-3(4)5;/h2-5H2,1H3;3H,1,4H2,2H3;2H2,1H3,(H,4,5);/q-1;;;+1. The Labute approximate surface area is 143 Å². The molecule has 0 spiro atoms. The summed E-state index contributed by atoms with van der Waals surface area (Å²) >= 11 is 0. The maximum absolute atomic E-state index is 9.69. The topological polar surface area (TPSA) is 60.4 Å². The molecule has 4 heteroatoms. The first kappa shape index (κ1) is 25.6. The molecule has 16 heavy (non-hydrogen) atoms. The molecule has 0 saturated carbocycles. The van der Waals surface area contributed by atoms with E-state index in [1.165, 1.54) is 0 Å². The third-order valence-corrected chi connectivity index (χ3v) is 1.34. The van der Waals surface area contributed by atoms with Gasteiger partial charge >= 0.3 is 57.4 Å². The Morgan fingerprint density at radius 2 is 1.69 bits per heavy atom. The van der Waals surface area contributed by atoms with Crippen molar-refractivity contribution in [3.63, 3.8) is 0 Å². The first-order chi connectivity index (χ1) is 7.10. The number of carboxylic acids is 1. The molecule has 0 fully saturated rings. The molecule has 0 aromatic carbocycles. The van der Waals surface area contributed by atoms with E-state index < -0.39 is 5.97 Å². The summed E-state index contributed by atoms with van der Waals surface area (Å²) in [4.78, 5) is 9.37. The molecule has 0 amide bonds. The molecule has 0 bridgehead atoms. The van der Waals surface area contributed by atoms with Crippen molar-refractivity contribution in [2.75, 3.05) is 6.61 Å². The van der Waals surface area contributed by atoms with Crippen LogP contribution in [0.1, 0.15) is 52.9 Å². The van der Waals surface area contributed by atoms with Crippen LogP contribution >= 0.6 is 0 Å². The zero-order valence-electron chi connectivity index (χ0n) is 11.3. The second-order valence-corrected chi connectivity index (χ2v) is 2.86. The molecular formula is C12H25KO3. The zero-order valence-corrected chi connectivity index (χ0v) is 14.4. The van der Waals surface area contributed by atoms with Gasteiger partial charge in [0.2, 0.25) is 0 Å². The summed E-state index contributed by atoms with van der Waals surface area (Å²) in [6.45, 7) is 9.34. The number of hydrogen-bond donors (Lipinski definition) is 1. The van der Waals surface area contributed by atoms with E-state index in [0.29, 0.717) is 0 Å². The molecule has 0 unspecified atom stereocenters. The number of unbranched alkanes of at least 4 members (excludes halogenated alkanes) is 2. The quantitative estimate of drug-likeness (QED) is 0.414. The third kappa shape index (κ3) is 60.9. The SMILES string of the molecule is C=CCC.CCC(=O)O.CCCCC[O-].[K+]. The van der Waals surface area contributed by atoms with Crippen molar-refractivity contribution in [3.8, 4) is 0 Å². The molecule has 0 aromatic rings. The summed E-state index contributed by atoms with van der Waals surface area (Å²) in [6.07, 6.45) is 6.29. The second kappa shape index (κ2) is 29.7. The van der Waals surface area contributed by atoms with E-state index in [0.717, 1.165) is 25.7 Å². The predicted molar refractivity (Wildman–Crippen MR) is 62.8 cm³/mol. The van der Waals surface area contributed by atoms with Crippen LogP contribution in [0.4, 0.5) is 0 Å². The van der Waals surface area contributed by atoms with E-state index in [1.807, 2.05) is 6.08 Å². The van der Waals surface area contributed by atoms with Crippen molar-refractivity contribution in [2.45, 2.75) is 52.9 Å². The van der Waals surface area contributed by atoms with Crippen LogP contribution in [-0.2, 0) is 4.79 Å². The van der Waals surface area contributed by atoms with Gasteiger partial charge in [0.25, 0.3) is 0 Å². The van der Waals surface area contributed by atoms with Crippen LogP contribution in [0.3, 0.4) is 0 Å². The van der Waals surface area contributed by atoms with Crippen molar-refractivity contribution in [3.05, 3.63) is 12.7 Å². The molecule has 1 N–H and O–H groups in total. The Kier molecular flexibility index (Phi) is 47.5. The number of hydrogen-bond acceptors (Lipinski definition) is 2. The van der Waals surface area contributed by atoms with E-state index in [-0.39, 0.29) is 64.4 Å². The van der Waals surface area contributed by atoms with Gasteiger partial charge < -0.3 is 10.2 Å². The van der Waals surface area contributed by atoms with Crippen LogP contribution in [0.25, 0.3) is 0 Å². The van der Waals surface area contributed by atoms with Crippen LogP contribution in [0.15, 0.2) is 12.7 Å². The van der Waals surface area contributed by atoms with Gasteiger partial charge in [0.05, 0.1) is 0 Å². The summed E-state index contributed by atoms with van der Waals surface area (Å²) in [6, 6.07) is 0. The fourth-order valence-corrected chi connectivity index (χ4v) is 0.352. The van der Waals surface area contributed by atoms with Gasteiger partial charge in [0.15, 0.2) is 0 Å². The molecule has 0 aliphatic carbocycles. The molecule has 0 aliphatic rings. The summed E-state index contributed by atoms with van der Waals surface area (Å²) in [7, 11) is 0.